The summed E-state index contributed by atoms with van der Waals surface area (Å²) < 4.78 is 0. The molecule has 1 aliphatic rings. The van der Waals surface area contributed by atoms with E-state index < -0.39 is 6.04 Å². The van der Waals surface area contributed by atoms with Gasteiger partial charge in [-0.1, -0.05) is 65.4 Å². The van der Waals surface area contributed by atoms with E-state index in [1.165, 1.54) is 11.3 Å². The number of hydrogen-bond acceptors (Lipinski definition) is 5. The van der Waals surface area contributed by atoms with Crippen LogP contribution in [0.3, 0.4) is 0 Å². The molecule has 2 N–H and O–H groups in total. The lowest BCUT2D eigenvalue weighted by Crippen LogP contribution is -2.45. The van der Waals surface area contributed by atoms with Crippen molar-refractivity contribution in [1.29, 1.82) is 0 Å². The van der Waals surface area contributed by atoms with Gasteiger partial charge in [0.05, 0.1) is 0 Å². The molecule has 29 heavy (non-hydrogen) atoms. The van der Waals surface area contributed by atoms with E-state index in [0.29, 0.717) is 21.6 Å². The number of aromatic nitrogens is 2. The minimum atomic E-state index is -0.677. The first-order chi connectivity index (χ1) is 14.1. The van der Waals surface area contributed by atoms with Crippen LogP contribution < -0.4 is 10.6 Å². The Balaban J connectivity index is 1.47. The number of anilines is 1. The molecule has 2 amide bonds. The normalized spacial score (nSPS) is 14.2. The van der Waals surface area contributed by atoms with Crippen LogP contribution in [0.15, 0.2) is 54.6 Å². The maximum Gasteiger partial charge on any atom is 0.249 e. The summed E-state index contributed by atoms with van der Waals surface area (Å²) in [6.07, 6.45) is 2.17. The van der Waals surface area contributed by atoms with E-state index in [1.807, 2.05) is 42.5 Å². The van der Waals surface area contributed by atoms with Gasteiger partial charge in [-0.3, -0.25) is 14.9 Å². The number of nitrogens with one attached hydrogen (secondary N) is 2. The Morgan fingerprint density at radius 2 is 1.90 bits per heavy atom. The standard InChI is InChI=1S/C21H19ClN4O2S/c22-16-8-4-7-15(12-16)20-25-26-21(29-20)24-19(28)17(23-18(27)14-9-10-14)11-13-5-2-1-3-6-13/h1-8,12,14,17H,9-11H2,(H,23,27)(H,24,26,28). The van der Waals surface area contributed by atoms with E-state index in [4.69, 9.17) is 11.6 Å². The van der Waals surface area contributed by atoms with Crippen LogP contribution in [0, 0.1) is 5.92 Å². The van der Waals surface area contributed by atoms with Crippen molar-refractivity contribution >= 4 is 39.9 Å². The molecule has 1 saturated carbocycles. The van der Waals surface area contributed by atoms with Crippen molar-refractivity contribution in [2.75, 3.05) is 5.32 Å². The smallest absolute Gasteiger partial charge is 0.249 e. The summed E-state index contributed by atoms with van der Waals surface area (Å²) in [7, 11) is 0. The van der Waals surface area contributed by atoms with Crippen molar-refractivity contribution < 1.29 is 9.59 Å². The first-order valence-corrected chi connectivity index (χ1v) is 10.5. The molecule has 0 bridgehead atoms. The van der Waals surface area contributed by atoms with Crippen LogP contribution in [-0.2, 0) is 16.0 Å². The Hall–Kier alpha value is -2.77. The highest BCUT2D eigenvalue weighted by atomic mass is 35.5. The largest absolute Gasteiger partial charge is 0.344 e. The van der Waals surface area contributed by atoms with Gasteiger partial charge in [-0.05, 0) is 30.5 Å². The van der Waals surface area contributed by atoms with Crippen LogP contribution in [0.4, 0.5) is 5.13 Å². The Labute approximate surface area is 177 Å². The van der Waals surface area contributed by atoms with Gasteiger partial charge in [0.1, 0.15) is 11.0 Å². The molecule has 0 aliphatic heterocycles. The topological polar surface area (TPSA) is 84.0 Å². The van der Waals surface area contributed by atoms with Gasteiger partial charge < -0.3 is 5.32 Å². The molecule has 8 heteroatoms. The predicted molar refractivity (Wildman–Crippen MR) is 114 cm³/mol. The molecule has 4 rings (SSSR count). The molecule has 0 saturated heterocycles. The van der Waals surface area contributed by atoms with E-state index in [-0.39, 0.29) is 17.7 Å². The fourth-order valence-corrected chi connectivity index (χ4v) is 3.83. The molecule has 1 atom stereocenters. The molecule has 3 aromatic rings. The van der Waals surface area contributed by atoms with Crippen LogP contribution in [0.2, 0.25) is 5.02 Å². The Kier molecular flexibility index (Phi) is 5.87. The minimum absolute atomic E-state index is 0.0250. The summed E-state index contributed by atoms with van der Waals surface area (Å²) in [5.74, 6) is -0.355. The highest BCUT2D eigenvalue weighted by Crippen LogP contribution is 2.30. The molecule has 2 aromatic carbocycles. The van der Waals surface area contributed by atoms with Gasteiger partial charge in [0.2, 0.25) is 16.9 Å². The van der Waals surface area contributed by atoms with E-state index in [1.54, 1.807) is 12.1 Å². The number of rotatable bonds is 7. The third kappa shape index (κ3) is 5.19. The molecule has 1 aliphatic carbocycles. The molecule has 1 heterocycles. The zero-order valence-electron chi connectivity index (χ0n) is 15.5. The van der Waals surface area contributed by atoms with Crippen LogP contribution in [0.1, 0.15) is 18.4 Å². The first kappa shape index (κ1) is 19.5. The number of carbonyl (C=O) groups excluding carboxylic acids is 2. The third-order valence-corrected chi connectivity index (χ3v) is 5.71. The monoisotopic (exact) mass is 426 g/mol. The van der Waals surface area contributed by atoms with E-state index in [0.717, 1.165) is 24.0 Å². The van der Waals surface area contributed by atoms with Gasteiger partial charge in [0, 0.05) is 22.9 Å². The third-order valence-electron chi connectivity index (χ3n) is 4.59. The fourth-order valence-electron chi connectivity index (χ4n) is 2.90. The van der Waals surface area contributed by atoms with Crippen molar-refractivity contribution in [3.63, 3.8) is 0 Å². The average molecular weight is 427 g/mol. The van der Waals surface area contributed by atoms with Gasteiger partial charge in [0.15, 0.2) is 0 Å². The second-order valence-corrected chi connectivity index (χ2v) is 8.35. The molecule has 0 spiro atoms. The minimum Gasteiger partial charge on any atom is -0.344 e. The van der Waals surface area contributed by atoms with Crippen LogP contribution in [0.5, 0.6) is 0 Å². The summed E-state index contributed by atoms with van der Waals surface area (Å²) in [4.78, 5) is 25.1. The number of halogens is 1. The SMILES string of the molecule is O=C(NC(Cc1ccccc1)C(=O)Nc1nnc(-c2cccc(Cl)c2)s1)C1CC1. The molecule has 1 fully saturated rings. The lowest BCUT2D eigenvalue weighted by molar-refractivity contribution is -0.127. The Morgan fingerprint density at radius 3 is 2.62 bits per heavy atom. The average Bonchev–Trinajstić information content (AvgIpc) is 3.47. The summed E-state index contributed by atoms with van der Waals surface area (Å²) in [5, 5.41) is 15.5. The molecular weight excluding hydrogens is 408 g/mol. The number of amides is 2. The number of benzene rings is 2. The van der Waals surface area contributed by atoms with Gasteiger partial charge >= 0.3 is 0 Å². The summed E-state index contributed by atoms with van der Waals surface area (Å²) in [6, 6.07) is 16.2. The highest BCUT2D eigenvalue weighted by Gasteiger charge is 2.33. The van der Waals surface area contributed by atoms with E-state index in [9.17, 15) is 9.59 Å². The summed E-state index contributed by atoms with van der Waals surface area (Å²) >= 11 is 7.29. The molecule has 1 aromatic heterocycles. The molecule has 148 valence electrons. The van der Waals surface area contributed by atoms with Crippen LogP contribution in [-0.4, -0.2) is 28.1 Å². The zero-order chi connectivity index (χ0) is 20.2. The summed E-state index contributed by atoms with van der Waals surface area (Å²) in [6.45, 7) is 0. The Morgan fingerprint density at radius 1 is 1.10 bits per heavy atom. The van der Waals surface area contributed by atoms with E-state index in [2.05, 4.69) is 20.8 Å². The van der Waals surface area contributed by atoms with Crippen molar-refractivity contribution in [3.05, 3.63) is 65.2 Å². The molecule has 6 nitrogen and oxygen atoms in total. The summed E-state index contributed by atoms with van der Waals surface area (Å²) in [5.41, 5.74) is 1.80. The molecule has 0 radical (unpaired) electrons. The number of hydrogen-bond donors (Lipinski definition) is 2. The van der Waals surface area contributed by atoms with Crippen molar-refractivity contribution in [2.45, 2.75) is 25.3 Å². The van der Waals surface area contributed by atoms with E-state index >= 15 is 0 Å². The molecule has 1 unspecified atom stereocenters. The fraction of sp³-hybridized carbons (Fsp3) is 0.238. The van der Waals surface area contributed by atoms with Crippen molar-refractivity contribution in [1.82, 2.24) is 15.5 Å². The van der Waals surface area contributed by atoms with Gasteiger partial charge in [-0.2, -0.15) is 0 Å². The lowest BCUT2D eigenvalue weighted by atomic mass is 10.1. The quantitative estimate of drug-likeness (QED) is 0.599. The lowest BCUT2D eigenvalue weighted by Gasteiger charge is -2.17. The van der Waals surface area contributed by atoms with Gasteiger partial charge in [0.25, 0.3) is 0 Å². The van der Waals surface area contributed by atoms with Crippen molar-refractivity contribution in [2.24, 2.45) is 5.92 Å². The Bertz CT molecular complexity index is 1020. The van der Waals surface area contributed by atoms with Crippen LogP contribution >= 0.6 is 22.9 Å². The maximum absolute atomic E-state index is 12.9. The number of carbonyl (C=O) groups is 2. The number of nitrogens with zero attached hydrogens (tertiary/aromatic N) is 2. The van der Waals surface area contributed by atoms with Crippen LogP contribution in [0.25, 0.3) is 10.6 Å². The van der Waals surface area contributed by atoms with Crippen molar-refractivity contribution in [3.8, 4) is 10.6 Å². The maximum atomic E-state index is 12.9. The van der Waals surface area contributed by atoms with Gasteiger partial charge in [-0.15, -0.1) is 10.2 Å². The van der Waals surface area contributed by atoms with Gasteiger partial charge in [-0.25, -0.2) is 0 Å². The second kappa shape index (κ2) is 8.71. The molecular formula is C21H19ClN4O2S. The highest BCUT2D eigenvalue weighted by molar-refractivity contribution is 7.18. The predicted octanol–water partition coefficient (Wildman–Crippen LogP) is 3.93. The second-order valence-electron chi connectivity index (χ2n) is 6.94. The first-order valence-electron chi connectivity index (χ1n) is 9.33. The zero-order valence-corrected chi connectivity index (χ0v) is 17.0.